The van der Waals surface area contributed by atoms with Crippen molar-refractivity contribution >= 4 is 9.24 Å². The van der Waals surface area contributed by atoms with Crippen LogP contribution < -0.4 is 4.74 Å². The zero-order valence-electron chi connectivity index (χ0n) is 6.87. The van der Waals surface area contributed by atoms with E-state index in [1.54, 1.807) is 0 Å². The van der Waals surface area contributed by atoms with Crippen LogP contribution in [0.2, 0.25) is 0 Å². The zero-order chi connectivity index (χ0) is 8.27. The first kappa shape index (κ1) is 8.55. The van der Waals surface area contributed by atoms with Gasteiger partial charge in [0.15, 0.2) is 0 Å². The summed E-state index contributed by atoms with van der Waals surface area (Å²) in [6.07, 6.45) is 0. The molecule has 0 aromatic heterocycles. The smallest absolute Gasteiger partial charge is 0.123 e. The van der Waals surface area contributed by atoms with E-state index in [1.165, 1.54) is 5.56 Å². The van der Waals surface area contributed by atoms with Crippen molar-refractivity contribution in [2.45, 2.75) is 19.7 Å². The van der Waals surface area contributed by atoms with E-state index in [-0.39, 0.29) is 5.85 Å². The Kier molecular flexibility index (Phi) is 2.90. The number of rotatable bonds is 2. The van der Waals surface area contributed by atoms with Gasteiger partial charge in [-0.15, -0.1) is 0 Å². The molecule has 1 aromatic rings. The molecule has 0 aliphatic heterocycles. The molecule has 0 heterocycles. The van der Waals surface area contributed by atoms with Gasteiger partial charge in [0.05, 0.1) is 0 Å². The average Bonchev–Trinajstić information content (AvgIpc) is 1.93. The van der Waals surface area contributed by atoms with E-state index in [2.05, 4.69) is 9.24 Å². The number of hydrogen-bond acceptors (Lipinski definition) is 1. The van der Waals surface area contributed by atoms with Crippen LogP contribution >= 0.6 is 9.24 Å². The highest BCUT2D eigenvalue weighted by molar-refractivity contribution is 7.17. The molecule has 1 aromatic carbocycles. The van der Waals surface area contributed by atoms with Gasteiger partial charge in [-0.25, -0.2) is 0 Å². The third-order valence-corrected chi connectivity index (χ3v) is 1.54. The Balaban J connectivity index is 2.78. The second-order valence-electron chi connectivity index (χ2n) is 2.59. The van der Waals surface area contributed by atoms with Crippen LogP contribution in [0.1, 0.15) is 12.5 Å². The van der Waals surface area contributed by atoms with Gasteiger partial charge in [0.1, 0.15) is 11.6 Å². The maximum atomic E-state index is 5.51. The fourth-order valence-electron chi connectivity index (χ4n) is 0.889. The van der Waals surface area contributed by atoms with Crippen LogP contribution in [-0.4, -0.2) is 5.85 Å². The lowest BCUT2D eigenvalue weighted by Crippen LogP contribution is -2.02. The summed E-state index contributed by atoms with van der Waals surface area (Å²) >= 11 is 0. The fraction of sp³-hybridized carbons (Fsp3) is 0.333. The summed E-state index contributed by atoms with van der Waals surface area (Å²) in [4.78, 5) is 0. The van der Waals surface area contributed by atoms with Crippen molar-refractivity contribution in [2.75, 3.05) is 0 Å². The van der Waals surface area contributed by atoms with Gasteiger partial charge >= 0.3 is 0 Å². The molecule has 2 atom stereocenters. The summed E-state index contributed by atoms with van der Waals surface area (Å²) in [6, 6.07) is 8.02. The van der Waals surface area contributed by atoms with Gasteiger partial charge in [0, 0.05) is 0 Å². The van der Waals surface area contributed by atoms with Gasteiger partial charge in [-0.3, -0.25) is 0 Å². The van der Waals surface area contributed by atoms with Gasteiger partial charge in [0.2, 0.25) is 0 Å². The Morgan fingerprint density at radius 3 is 2.55 bits per heavy atom. The molecule has 0 fully saturated rings. The molecular formula is C9H13OP. The highest BCUT2D eigenvalue weighted by atomic mass is 31.0. The molecule has 2 heteroatoms. The van der Waals surface area contributed by atoms with Gasteiger partial charge in [0.25, 0.3) is 0 Å². The molecule has 2 unspecified atom stereocenters. The van der Waals surface area contributed by atoms with Crippen LogP contribution in [0, 0.1) is 6.92 Å². The second-order valence-corrected chi connectivity index (χ2v) is 3.53. The van der Waals surface area contributed by atoms with Crippen molar-refractivity contribution in [3.63, 3.8) is 0 Å². The molecule has 0 saturated carbocycles. The second kappa shape index (κ2) is 3.73. The predicted molar refractivity (Wildman–Crippen MR) is 51.0 cm³/mol. The van der Waals surface area contributed by atoms with E-state index in [0.29, 0.717) is 0 Å². The van der Waals surface area contributed by atoms with E-state index in [1.807, 2.05) is 38.1 Å². The number of benzene rings is 1. The van der Waals surface area contributed by atoms with Gasteiger partial charge in [-0.05, 0) is 25.5 Å². The summed E-state index contributed by atoms with van der Waals surface area (Å²) in [7, 11) is 2.61. The quantitative estimate of drug-likeness (QED) is 0.617. The Morgan fingerprint density at radius 2 is 2.00 bits per heavy atom. The highest BCUT2D eigenvalue weighted by Crippen LogP contribution is 2.18. The molecule has 60 valence electrons. The van der Waals surface area contributed by atoms with Crippen LogP contribution in [0.25, 0.3) is 0 Å². The molecule has 0 N–H and O–H groups in total. The third kappa shape index (κ3) is 2.51. The minimum absolute atomic E-state index is 0.177. The van der Waals surface area contributed by atoms with E-state index in [4.69, 9.17) is 4.74 Å². The lowest BCUT2D eigenvalue weighted by atomic mass is 10.2. The summed E-state index contributed by atoms with van der Waals surface area (Å²) < 4.78 is 5.51. The average molecular weight is 168 g/mol. The molecule has 0 amide bonds. The standard InChI is InChI=1S/C9H13OP/c1-7-5-3-4-6-9(7)10-8(2)11/h3-6,8H,11H2,1-2H3. The minimum atomic E-state index is 0.177. The Labute approximate surface area is 70.0 Å². The summed E-state index contributed by atoms with van der Waals surface area (Å²) in [5.74, 6) is 1.14. The Bertz CT molecular complexity index is 233. The van der Waals surface area contributed by atoms with Crippen LogP contribution in [0.4, 0.5) is 0 Å². The molecular weight excluding hydrogens is 155 g/mol. The van der Waals surface area contributed by atoms with E-state index < -0.39 is 0 Å². The largest absolute Gasteiger partial charge is 0.487 e. The molecule has 0 aliphatic carbocycles. The predicted octanol–water partition coefficient (Wildman–Crippen LogP) is 2.59. The maximum Gasteiger partial charge on any atom is 0.123 e. The monoisotopic (exact) mass is 168 g/mol. The first-order valence-corrected chi connectivity index (χ1v) is 4.34. The SMILES string of the molecule is Cc1ccccc1OC(C)P. The summed E-state index contributed by atoms with van der Waals surface area (Å²) in [5, 5.41) is 0. The van der Waals surface area contributed by atoms with Crippen molar-refractivity contribution in [1.29, 1.82) is 0 Å². The number of aryl methyl sites for hydroxylation is 1. The number of hydrogen-bond donors (Lipinski definition) is 0. The summed E-state index contributed by atoms with van der Waals surface area (Å²) in [6.45, 7) is 4.04. The van der Waals surface area contributed by atoms with Gasteiger partial charge < -0.3 is 4.74 Å². The third-order valence-electron chi connectivity index (χ3n) is 1.41. The van der Waals surface area contributed by atoms with Crippen molar-refractivity contribution in [2.24, 2.45) is 0 Å². The van der Waals surface area contributed by atoms with E-state index in [0.717, 1.165) is 5.75 Å². The Hall–Kier alpha value is -0.550. The van der Waals surface area contributed by atoms with Crippen molar-refractivity contribution in [3.05, 3.63) is 29.8 Å². The summed E-state index contributed by atoms with van der Waals surface area (Å²) in [5.41, 5.74) is 1.18. The van der Waals surface area contributed by atoms with Crippen molar-refractivity contribution in [1.82, 2.24) is 0 Å². The normalized spacial score (nSPS) is 12.6. The lowest BCUT2D eigenvalue weighted by Gasteiger charge is -2.11. The number of ether oxygens (including phenoxy) is 1. The zero-order valence-corrected chi connectivity index (χ0v) is 8.03. The van der Waals surface area contributed by atoms with Crippen molar-refractivity contribution < 1.29 is 4.74 Å². The molecule has 0 spiro atoms. The van der Waals surface area contributed by atoms with Crippen LogP contribution in [0.15, 0.2) is 24.3 Å². The van der Waals surface area contributed by atoms with Crippen LogP contribution in [-0.2, 0) is 0 Å². The first-order chi connectivity index (χ1) is 5.20. The lowest BCUT2D eigenvalue weighted by molar-refractivity contribution is 0.305. The maximum absolute atomic E-state index is 5.51. The fourth-order valence-corrected chi connectivity index (χ4v) is 1.04. The van der Waals surface area contributed by atoms with E-state index in [9.17, 15) is 0 Å². The molecule has 1 nitrogen and oxygen atoms in total. The van der Waals surface area contributed by atoms with Gasteiger partial charge in [-0.2, -0.15) is 0 Å². The molecule has 11 heavy (non-hydrogen) atoms. The topological polar surface area (TPSA) is 9.23 Å². The molecule has 0 aliphatic rings. The Morgan fingerprint density at radius 1 is 1.36 bits per heavy atom. The molecule has 0 saturated heterocycles. The molecule has 0 bridgehead atoms. The van der Waals surface area contributed by atoms with Crippen LogP contribution in [0.3, 0.4) is 0 Å². The molecule has 1 rings (SSSR count). The minimum Gasteiger partial charge on any atom is -0.487 e. The van der Waals surface area contributed by atoms with Gasteiger partial charge in [-0.1, -0.05) is 27.4 Å². The van der Waals surface area contributed by atoms with Crippen molar-refractivity contribution in [3.8, 4) is 5.75 Å². The number of para-hydroxylation sites is 1. The highest BCUT2D eigenvalue weighted by Gasteiger charge is 1.98. The van der Waals surface area contributed by atoms with Crippen LogP contribution in [0.5, 0.6) is 5.75 Å². The van der Waals surface area contributed by atoms with E-state index >= 15 is 0 Å². The first-order valence-electron chi connectivity index (χ1n) is 3.68. The molecule has 0 radical (unpaired) electrons.